The second kappa shape index (κ2) is 9.50. The largest absolute Gasteiger partial charge is 0.512 e. The van der Waals surface area contributed by atoms with E-state index in [0.29, 0.717) is 5.95 Å². The van der Waals surface area contributed by atoms with Crippen LogP contribution in [0, 0.1) is 5.82 Å². The first-order valence-electron chi connectivity index (χ1n) is 13.5. The van der Waals surface area contributed by atoms with E-state index < -0.39 is 23.9 Å². The topological polar surface area (TPSA) is 118 Å². The number of benzene rings is 1. The van der Waals surface area contributed by atoms with Crippen molar-refractivity contribution in [1.82, 2.24) is 24.9 Å². The summed E-state index contributed by atoms with van der Waals surface area (Å²) < 4.78 is 25.8. The van der Waals surface area contributed by atoms with Crippen molar-refractivity contribution in [3.05, 3.63) is 66.0 Å². The highest BCUT2D eigenvalue weighted by molar-refractivity contribution is 6.61. The van der Waals surface area contributed by atoms with Gasteiger partial charge in [-0.25, -0.2) is 24.3 Å². The standard InChI is InChI=1S/C28H34BFN8O2/c1-26(2)27(3,4)40-29(39-26)22-14-21-23(36-22)34-17-35-24(21)37-10-12-38(13-11-37)25-32-15-19(16-33-25)28(5,31)18-6-8-20(30)9-7-18/h6-9,14-17H,10-13,31H2,1-5H3,(H,34,35,36). The van der Waals surface area contributed by atoms with E-state index in [1.807, 2.05) is 40.7 Å². The minimum atomic E-state index is -0.835. The first kappa shape index (κ1) is 26.6. The number of nitrogens with two attached hydrogens (primary N) is 1. The van der Waals surface area contributed by atoms with Crippen molar-refractivity contribution >= 4 is 35.5 Å². The van der Waals surface area contributed by atoms with Crippen molar-refractivity contribution in [3.63, 3.8) is 0 Å². The van der Waals surface area contributed by atoms with Crippen molar-refractivity contribution in [2.45, 2.75) is 51.4 Å². The summed E-state index contributed by atoms with van der Waals surface area (Å²) in [6, 6.07) is 8.23. The van der Waals surface area contributed by atoms with E-state index in [1.54, 1.807) is 30.9 Å². The number of hydrogen-bond donors (Lipinski definition) is 2. The van der Waals surface area contributed by atoms with Gasteiger partial charge in [0.1, 0.15) is 23.6 Å². The molecule has 5 heterocycles. The maximum atomic E-state index is 13.4. The number of piperazine rings is 1. The van der Waals surface area contributed by atoms with Crippen LogP contribution in [0.15, 0.2) is 49.1 Å². The Balaban J connectivity index is 1.15. The molecule has 12 heteroatoms. The van der Waals surface area contributed by atoms with E-state index in [9.17, 15) is 4.39 Å². The van der Waals surface area contributed by atoms with Gasteiger partial charge in [-0.1, -0.05) is 12.1 Å². The third-order valence-corrected chi connectivity index (χ3v) is 8.48. The third-order valence-electron chi connectivity index (χ3n) is 8.48. The second-order valence-corrected chi connectivity index (χ2v) is 11.7. The number of nitrogens with zero attached hydrogens (tertiary/aromatic N) is 6. The van der Waals surface area contributed by atoms with E-state index in [-0.39, 0.29) is 5.82 Å². The van der Waals surface area contributed by atoms with Crippen LogP contribution in [0.2, 0.25) is 0 Å². The molecule has 1 atom stereocenters. The van der Waals surface area contributed by atoms with Crippen LogP contribution in [0.25, 0.3) is 11.0 Å². The number of H-pyrrole nitrogens is 1. The number of fused-ring (bicyclic) bond motifs is 1. The number of hydrogen-bond acceptors (Lipinski definition) is 9. The number of aromatic amines is 1. The molecular weight excluding hydrogens is 510 g/mol. The van der Waals surface area contributed by atoms with Gasteiger partial charge in [-0.2, -0.15) is 0 Å². The van der Waals surface area contributed by atoms with Crippen LogP contribution in [0.3, 0.4) is 0 Å². The number of nitrogens with one attached hydrogen (secondary N) is 1. The molecule has 4 aromatic rings. The van der Waals surface area contributed by atoms with Gasteiger partial charge < -0.3 is 29.8 Å². The molecule has 208 valence electrons. The van der Waals surface area contributed by atoms with Gasteiger partial charge in [-0.05, 0) is 58.4 Å². The van der Waals surface area contributed by atoms with E-state index in [1.165, 1.54) is 12.1 Å². The van der Waals surface area contributed by atoms with Crippen LogP contribution in [0.1, 0.15) is 45.7 Å². The number of halogens is 1. The summed E-state index contributed by atoms with van der Waals surface area (Å²) >= 11 is 0. The molecule has 1 unspecified atom stereocenters. The minimum absolute atomic E-state index is 0.296. The zero-order chi connectivity index (χ0) is 28.3. The maximum Gasteiger partial charge on any atom is 0.512 e. The normalized spacial score (nSPS) is 20.2. The quantitative estimate of drug-likeness (QED) is 0.366. The molecular formula is C28H34BFN8O2. The van der Waals surface area contributed by atoms with Crippen LogP contribution < -0.4 is 21.1 Å². The highest BCUT2D eigenvalue weighted by atomic mass is 19.1. The molecule has 40 heavy (non-hydrogen) atoms. The summed E-state index contributed by atoms with van der Waals surface area (Å²) in [5.74, 6) is 1.23. The average Bonchev–Trinajstić information content (AvgIpc) is 3.46. The molecule has 0 saturated carbocycles. The molecule has 1 aromatic carbocycles. The van der Waals surface area contributed by atoms with E-state index in [2.05, 4.69) is 34.7 Å². The summed E-state index contributed by atoms with van der Waals surface area (Å²) in [4.78, 5) is 26.1. The molecule has 0 radical (unpaired) electrons. The summed E-state index contributed by atoms with van der Waals surface area (Å²) in [6.07, 6.45) is 5.09. The fourth-order valence-electron chi connectivity index (χ4n) is 5.13. The van der Waals surface area contributed by atoms with Crippen LogP contribution in [0.5, 0.6) is 0 Å². The molecule has 2 aliphatic rings. The smallest absolute Gasteiger partial charge is 0.398 e. The Morgan fingerprint density at radius 3 is 2.12 bits per heavy atom. The fraction of sp³-hybridized carbons (Fsp3) is 0.429. The molecule has 3 N–H and O–H groups in total. The molecule has 6 rings (SSSR count). The average molecular weight is 544 g/mol. The molecule has 10 nitrogen and oxygen atoms in total. The van der Waals surface area contributed by atoms with Gasteiger partial charge in [0.2, 0.25) is 5.95 Å². The van der Waals surface area contributed by atoms with Crippen molar-refractivity contribution in [1.29, 1.82) is 0 Å². The Bertz CT molecular complexity index is 1500. The second-order valence-electron chi connectivity index (χ2n) is 11.7. The van der Waals surface area contributed by atoms with Gasteiger partial charge in [0.15, 0.2) is 0 Å². The Morgan fingerprint density at radius 2 is 1.50 bits per heavy atom. The Morgan fingerprint density at radius 1 is 0.900 bits per heavy atom. The summed E-state index contributed by atoms with van der Waals surface area (Å²) in [7, 11) is -0.498. The van der Waals surface area contributed by atoms with E-state index >= 15 is 0 Å². The predicted molar refractivity (Wildman–Crippen MR) is 153 cm³/mol. The summed E-state index contributed by atoms with van der Waals surface area (Å²) in [5.41, 5.74) is 8.03. The van der Waals surface area contributed by atoms with Gasteiger partial charge >= 0.3 is 7.12 Å². The van der Waals surface area contributed by atoms with Gasteiger partial charge in [-0.3, -0.25) is 0 Å². The highest BCUT2D eigenvalue weighted by Crippen LogP contribution is 2.37. The molecule has 2 fully saturated rings. The Hall–Kier alpha value is -3.61. The third kappa shape index (κ3) is 4.59. The minimum Gasteiger partial charge on any atom is -0.398 e. The van der Waals surface area contributed by atoms with Crippen LogP contribution in [-0.2, 0) is 14.8 Å². The molecule has 0 spiro atoms. The summed E-state index contributed by atoms with van der Waals surface area (Å²) in [5, 5.41) is 0.935. The Kier molecular flexibility index (Phi) is 6.32. The molecule has 0 amide bonds. The van der Waals surface area contributed by atoms with Gasteiger partial charge in [0, 0.05) is 49.7 Å². The van der Waals surface area contributed by atoms with Gasteiger partial charge in [-0.15, -0.1) is 0 Å². The van der Waals surface area contributed by atoms with Crippen molar-refractivity contribution in [2.24, 2.45) is 5.73 Å². The van der Waals surface area contributed by atoms with Gasteiger partial charge in [0.05, 0.1) is 22.1 Å². The first-order chi connectivity index (χ1) is 18.9. The van der Waals surface area contributed by atoms with Crippen LogP contribution >= 0.6 is 0 Å². The van der Waals surface area contributed by atoms with E-state index in [0.717, 1.165) is 59.8 Å². The van der Waals surface area contributed by atoms with Crippen molar-refractivity contribution in [3.8, 4) is 0 Å². The lowest BCUT2D eigenvalue weighted by Gasteiger charge is -2.35. The highest BCUT2D eigenvalue weighted by Gasteiger charge is 2.52. The number of anilines is 2. The van der Waals surface area contributed by atoms with Gasteiger partial charge in [0.25, 0.3) is 0 Å². The Labute approximate surface area is 233 Å². The van der Waals surface area contributed by atoms with Crippen LogP contribution in [-0.4, -0.2) is 69.4 Å². The molecule has 3 aromatic heterocycles. The monoisotopic (exact) mass is 544 g/mol. The fourth-order valence-corrected chi connectivity index (χ4v) is 5.13. The lowest BCUT2D eigenvalue weighted by molar-refractivity contribution is 0.00578. The summed E-state index contributed by atoms with van der Waals surface area (Å²) in [6.45, 7) is 13.0. The SMILES string of the molecule is CC(N)(c1ccc(F)cc1)c1cnc(N2CCN(c3ncnc4[nH]c(B5OC(C)(C)C(C)(C)O5)cc34)CC2)nc1. The first-order valence-corrected chi connectivity index (χ1v) is 13.5. The van der Waals surface area contributed by atoms with Crippen LogP contribution in [0.4, 0.5) is 16.2 Å². The zero-order valence-corrected chi connectivity index (χ0v) is 23.5. The molecule has 2 saturated heterocycles. The molecule has 0 aliphatic carbocycles. The van der Waals surface area contributed by atoms with E-state index in [4.69, 9.17) is 15.0 Å². The van der Waals surface area contributed by atoms with Crippen molar-refractivity contribution < 1.29 is 13.7 Å². The lowest BCUT2D eigenvalue weighted by Crippen LogP contribution is -2.47. The number of aromatic nitrogens is 5. The predicted octanol–water partition coefficient (Wildman–Crippen LogP) is 2.74. The van der Waals surface area contributed by atoms with Crippen molar-refractivity contribution in [2.75, 3.05) is 36.0 Å². The molecule has 2 aliphatic heterocycles. The lowest BCUT2D eigenvalue weighted by atomic mass is 9.85. The zero-order valence-electron chi connectivity index (χ0n) is 23.5. The number of rotatable bonds is 5. The maximum absolute atomic E-state index is 13.4. The molecule has 0 bridgehead atoms.